The minimum atomic E-state index is -0.677. The standard InChI is InChI=1S/C12H13ClN2O2/c1-8(7-14)15-12(16)9(2)17-11-5-3-4-10(13)6-11/h3-6,8-9H,1-2H3,(H,15,16)/t8-,9-/m1/s1. The first-order valence-electron chi connectivity index (χ1n) is 5.15. The molecule has 17 heavy (non-hydrogen) atoms. The maximum atomic E-state index is 11.6. The van der Waals surface area contributed by atoms with Crippen LogP contribution in [-0.4, -0.2) is 18.1 Å². The number of amides is 1. The molecule has 0 heterocycles. The van der Waals surface area contributed by atoms with Crippen LogP contribution in [0.2, 0.25) is 5.02 Å². The van der Waals surface area contributed by atoms with E-state index in [0.717, 1.165) is 0 Å². The molecule has 1 aromatic carbocycles. The van der Waals surface area contributed by atoms with Gasteiger partial charge in [0.15, 0.2) is 6.10 Å². The summed E-state index contributed by atoms with van der Waals surface area (Å²) in [6, 6.07) is 8.17. The molecule has 0 aliphatic carbocycles. The number of nitrogens with zero attached hydrogens (tertiary/aromatic N) is 1. The molecule has 0 aliphatic heterocycles. The highest BCUT2D eigenvalue weighted by atomic mass is 35.5. The normalized spacial score (nSPS) is 13.3. The lowest BCUT2D eigenvalue weighted by atomic mass is 10.3. The molecule has 0 aromatic heterocycles. The first-order chi connectivity index (χ1) is 8.02. The second kappa shape index (κ2) is 6.12. The van der Waals surface area contributed by atoms with Gasteiger partial charge in [-0.3, -0.25) is 4.79 Å². The van der Waals surface area contributed by atoms with E-state index in [9.17, 15) is 4.79 Å². The van der Waals surface area contributed by atoms with Crippen LogP contribution in [-0.2, 0) is 4.79 Å². The van der Waals surface area contributed by atoms with E-state index in [-0.39, 0.29) is 5.91 Å². The van der Waals surface area contributed by atoms with Crippen molar-refractivity contribution in [3.8, 4) is 11.8 Å². The van der Waals surface area contributed by atoms with Crippen molar-refractivity contribution in [3.63, 3.8) is 0 Å². The van der Waals surface area contributed by atoms with Crippen LogP contribution in [0.25, 0.3) is 0 Å². The molecule has 5 heteroatoms. The van der Waals surface area contributed by atoms with Crippen LogP contribution < -0.4 is 10.1 Å². The molecule has 90 valence electrons. The number of hydrogen-bond donors (Lipinski definition) is 1. The molecule has 0 aliphatic rings. The maximum absolute atomic E-state index is 11.6. The molecule has 0 fully saturated rings. The molecule has 4 nitrogen and oxygen atoms in total. The van der Waals surface area contributed by atoms with Gasteiger partial charge in [-0.1, -0.05) is 17.7 Å². The van der Waals surface area contributed by atoms with Crippen LogP contribution >= 0.6 is 11.6 Å². The van der Waals surface area contributed by atoms with E-state index in [1.165, 1.54) is 0 Å². The topological polar surface area (TPSA) is 62.1 Å². The highest BCUT2D eigenvalue weighted by molar-refractivity contribution is 6.30. The summed E-state index contributed by atoms with van der Waals surface area (Å²) in [4.78, 5) is 11.6. The van der Waals surface area contributed by atoms with Crippen LogP contribution in [0.4, 0.5) is 0 Å². The van der Waals surface area contributed by atoms with Crippen molar-refractivity contribution in [3.05, 3.63) is 29.3 Å². The molecule has 0 saturated carbocycles. The molecule has 2 atom stereocenters. The Balaban J connectivity index is 2.57. The van der Waals surface area contributed by atoms with Crippen LogP contribution in [0.15, 0.2) is 24.3 Å². The fourth-order valence-electron chi connectivity index (χ4n) is 1.16. The lowest BCUT2D eigenvalue weighted by Gasteiger charge is -2.15. The summed E-state index contributed by atoms with van der Waals surface area (Å²) < 4.78 is 5.40. The van der Waals surface area contributed by atoms with Crippen LogP contribution in [0.5, 0.6) is 5.75 Å². The quantitative estimate of drug-likeness (QED) is 0.893. The van der Waals surface area contributed by atoms with E-state index < -0.39 is 12.1 Å². The molecular formula is C12H13ClN2O2. The highest BCUT2D eigenvalue weighted by Crippen LogP contribution is 2.18. The molecule has 1 aromatic rings. The summed E-state index contributed by atoms with van der Waals surface area (Å²) in [5.74, 6) is 0.184. The number of rotatable bonds is 4. The average Bonchev–Trinajstić information content (AvgIpc) is 2.28. The molecule has 0 unspecified atom stereocenters. The molecule has 0 bridgehead atoms. The lowest BCUT2D eigenvalue weighted by Crippen LogP contribution is -2.40. The number of halogens is 1. The maximum Gasteiger partial charge on any atom is 0.261 e. The smallest absolute Gasteiger partial charge is 0.261 e. The van der Waals surface area contributed by atoms with Gasteiger partial charge in [-0.2, -0.15) is 5.26 Å². The second-order valence-corrected chi connectivity index (χ2v) is 4.01. The zero-order valence-corrected chi connectivity index (χ0v) is 10.4. The minimum absolute atomic E-state index is 0.334. The van der Waals surface area contributed by atoms with E-state index in [1.807, 2.05) is 6.07 Å². The van der Waals surface area contributed by atoms with Gasteiger partial charge in [0.2, 0.25) is 0 Å². The van der Waals surface area contributed by atoms with E-state index in [4.69, 9.17) is 21.6 Å². The first-order valence-corrected chi connectivity index (χ1v) is 5.53. The second-order valence-electron chi connectivity index (χ2n) is 3.58. The van der Waals surface area contributed by atoms with Crippen molar-refractivity contribution < 1.29 is 9.53 Å². The number of nitriles is 1. The third-order valence-corrected chi connectivity index (χ3v) is 2.27. The molecular weight excluding hydrogens is 240 g/mol. The summed E-state index contributed by atoms with van der Waals surface area (Å²) in [5.41, 5.74) is 0. The van der Waals surface area contributed by atoms with Gasteiger partial charge in [0, 0.05) is 5.02 Å². The van der Waals surface area contributed by atoms with Gasteiger partial charge in [-0.15, -0.1) is 0 Å². The molecule has 1 rings (SSSR count). The molecule has 0 saturated heterocycles. The van der Waals surface area contributed by atoms with Gasteiger partial charge in [-0.25, -0.2) is 0 Å². The Labute approximate surface area is 105 Å². The number of hydrogen-bond acceptors (Lipinski definition) is 3. The summed E-state index contributed by atoms with van der Waals surface area (Å²) in [6.07, 6.45) is -0.677. The monoisotopic (exact) mass is 252 g/mol. The van der Waals surface area contributed by atoms with Crippen molar-refractivity contribution in [2.75, 3.05) is 0 Å². The Morgan fingerprint density at radius 2 is 2.24 bits per heavy atom. The largest absolute Gasteiger partial charge is 0.481 e. The van der Waals surface area contributed by atoms with Gasteiger partial charge in [0.05, 0.1) is 6.07 Å². The number of benzene rings is 1. The highest BCUT2D eigenvalue weighted by Gasteiger charge is 2.16. The van der Waals surface area contributed by atoms with E-state index in [2.05, 4.69) is 5.32 Å². The van der Waals surface area contributed by atoms with Crippen molar-refractivity contribution in [2.45, 2.75) is 26.0 Å². The molecule has 0 spiro atoms. The van der Waals surface area contributed by atoms with E-state index in [1.54, 1.807) is 38.1 Å². The predicted molar refractivity (Wildman–Crippen MR) is 64.8 cm³/mol. The minimum Gasteiger partial charge on any atom is -0.481 e. The van der Waals surface area contributed by atoms with E-state index in [0.29, 0.717) is 10.8 Å². The number of carbonyl (C=O) groups is 1. The van der Waals surface area contributed by atoms with Crippen molar-refractivity contribution >= 4 is 17.5 Å². The number of carbonyl (C=O) groups excluding carboxylic acids is 1. The fourth-order valence-corrected chi connectivity index (χ4v) is 1.34. The van der Waals surface area contributed by atoms with Crippen molar-refractivity contribution in [1.29, 1.82) is 5.26 Å². The van der Waals surface area contributed by atoms with Gasteiger partial charge < -0.3 is 10.1 Å². The molecule has 1 N–H and O–H groups in total. The van der Waals surface area contributed by atoms with Gasteiger partial charge in [0.1, 0.15) is 11.8 Å². The Morgan fingerprint density at radius 1 is 1.53 bits per heavy atom. The van der Waals surface area contributed by atoms with Gasteiger partial charge >= 0.3 is 0 Å². The summed E-state index contributed by atoms with van der Waals surface area (Å²) >= 11 is 5.79. The zero-order valence-electron chi connectivity index (χ0n) is 9.61. The van der Waals surface area contributed by atoms with Crippen molar-refractivity contribution in [1.82, 2.24) is 5.32 Å². The third kappa shape index (κ3) is 4.33. The molecule has 1 amide bonds. The summed E-state index contributed by atoms with van der Waals surface area (Å²) in [6.45, 7) is 3.21. The summed E-state index contributed by atoms with van der Waals surface area (Å²) in [7, 11) is 0. The Morgan fingerprint density at radius 3 is 2.82 bits per heavy atom. The van der Waals surface area contributed by atoms with Crippen LogP contribution in [0.1, 0.15) is 13.8 Å². The van der Waals surface area contributed by atoms with Crippen LogP contribution in [0, 0.1) is 11.3 Å². The van der Waals surface area contributed by atoms with Gasteiger partial charge in [-0.05, 0) is 32.0 Å². The first kappa shape index (κ1) is 13.3. The van der Waals surface area contributed by atoms with Crippen molar-refractivity contribution in [2.24, 2.45) is 0 Å². The summed E-state index contributed by atoms with van der Waals surface area (Å²) in [5, 5.41) is 11.6. The number of nitrogens with one attached hydrogen (secondary N) is 1. The zero-order chi connectivity index (χ0) is 12.8. The molecule has 0 radical (unpaired) electrons. The Bertz CT molecular complexity index is 442. The number of ether oxygens (including phenoxy) is 1. The Hall–Kier alpha value is -1.73. The SMILES string of the molecule is C[C@H](C#N)NC(=O)[C@@H](C)Oc1cccc(Cl)c1. The predicted octanol–water partition coefficient (Wildman–Crippen LogP) is 2.14. The third-order valence-electron chi connectivity index (χ3n) is 2.03. The van der Waals surface area contributed by atoms with Crippen LogP contribution in [0.3, 0.4) is 0 Å². The lowest BCUT2D eigenvalue weighted by molar-refractivity contribution is -0.127. The average molecular weight is 253 g/mol. The van der Waals surface area contributed by atoms with Gasteiger partial charge in [0.25, 0.3) is 5.91 Å². The fraction of sp³-hybridized carbons (Fsp3) is 0.333. The van der Waals surface area contributed by atoms with E-state index >= 15 is 0 Å². The Kier molecular flexibility index (Phi) is 4.80.